The van der Waals surface area contributed by atoms with E-state index in [4.69, 9.17) is 0 Å². The fraction of sp³-hybridized carbons (Fsp3) is 0.348. The Labute approximate surface area is 199 Å². The second kappa shape index (κ2) is 10.4. The molecule has 0 atom stereocenters. The van der Waals surface area contributed by atoms with Gasteiger partial charge in [-0.25, -0.2) is 8.42 Å². The molecule has 0 saturated carbocycles. The number of amides is 1. The van der Waals surface area contributed by atoms with Crippen LogP contribution in [0.1, 0.15) is 29.4 Å². The van der Waals surface area contributed by atoms with Crippen LogP contribution in [0.4, 0.5) is 11.4 Å². The smallest absolute Gasteiger partial charge is 0.234 e. The number of sulfonamides is 1. The molecule has 0 fully saturated rings. The number of aromatic nitrogens is 3. The van der Waals surface area contributed by atoms with E-state index in [9.17, 15) is 13.2 Å². The van der Waals surface area contributed by atoms with Crippen LogP contribution in [0.2, 0.25) is 0 Å². The SMILES string of the molecule is CCn1c(CN(c2ccc(C)cc2)S(C)(=O)=O)nnc1SCC(=O)Nc1ccc(C)cc1C. The molecule has 8 nitrogen and oxygen atoms in total. The lowest BCUT2D eigenvalue weighted by Crippen LogP contribution is -2.30. The van der Waals surface area contributed by atoms with Crippen molar-refractivity contribution < 1.29 is 13.2 Å². The minimum Gasteiger partial charge on any atom is -0.325 e. The molecular formula is C23H29N5O3S2. The van der Waals surface area contributed by atoms with Gasteiger partial charge in [0, 0.05) is 12.2 Å². The van der Waals surface area contributed by atoms with Crippen molar-refractivity contribution in [2.24, 2.45) is 0 Å². The molecule has 3 aromatic rings. The fourth-order valence-electron chi connectivity index (χ4n) is 3.37. The summed E-state index contributed by atoms with van der Waals surface area (Å²) in [6, 6.07) is 13.2. The van der Waals surface area contributed by atoms with Gasteiger partial charge in [0.25, 0.3) is 0 Å². The summed E-state index contributed by atoms with van der Waals surface area (Å²) in [4.78, 5) is 12.5. The highest BCUT2D eigenvalue weighted by Gasteiger charge is 2.22. The number of thioether (sulfide) groups is 1. The Morgan fingerprint density at radius 3 is 2.33 bits per heavy atom. The first-order chi connectivity index (χ1) is 15.6. The molecule has 10 heteroatoms. The average Bonchev–Trinajstić information content (AvgIpc) is 3.14. The molecule has 0 spiro atoms. The van der Waals surface area contributed by atoms with Crippen molar-refractivity contribution in [3.8, 4) is 0 Å². The normalized spacial score (nSPS) is 11.4. The first kappa shape index (κ1) is 24.8. The van der Waals surface area contributed by atoms with E-state index >= 15 is 0 Å². The number of nitrogens with zero attached hydrogens (tertiary/aromatic N) is 4. The fourth-order valence-corrected chi connectivity index (χ4v) is 5.05. The number of aryl methyl sites for hydroxylation is 3. The summed E-state index contributed by atoms with van der Waals surface area (Å²) in [6.07, 6.45) is 1.17. The number of carbonyl (C=O) groups excluding carboxylic acids is 1. The first-order valence-corrected chi connectivity index (χ1v) is 13.4. The number of rotatable bonds is 9. The van der Waals surface area contributed by atoms with Gasteiger partial charge in [-0.15, -0.1) is 10.2 Å². The lowest BCUT2D eigenvalue weighted by Gasteiger charge is -2.22. The van der Waals surface area contributed by atoms with Crippen LogP contribution < -0.4 is 9.62 Å². The summed E-state index contributed by atoms with van der Waals surface area (Å²) in [5.41, 5.74) is 4.53. The number of anilines is 2. The van der Waals surface area contributed by atoms with Crippen molar-refractivity contribution in [2.75, 3.05) is 21.6 Å². The van der Waals surface area contributed by atoms with Gasteiger partial charge in [0.2, 0.25) is 15.9 Å². The molecule has 176 valence electrons. The second-order valence-corrected chi connectivity index (χ2v) is 10.8. The summed E-state index contributed by atoms with van der Waals surface area (Å²) in [7, 11) is -3.53. The monoisotopic (exact) mass is 487 g/mol. The van der Waals surface area contributed by atoms with E-state index < -0.39 is 10.0 Å². The average molecular weight is 488 g/mol. The van der Waals surface area contributed by atoms with Gasteiger partial charge in [-0.3, -0.25) is 9.10 Å². The highest BCUT2D eigenvalue weighted by atomic mass is 32.2. The zero-order valence-corrected chi connectivity index (χ0v) is 21.1. The second-order valence-electron chi connectivity index (χ2n) is 7.90. The van der Waals surface area contributed by atoms with Crippen LogP contribution >= 0.6 is 11.8 Å². The summed E-state index contributed by atoms with van der Waals surface area (Å²) in [5, 5.41) is 11.9. The molecule has 1 heterocycles. The molecule has 0 aliphatic carbocycles. The largest absolute Gasteiger partial charge is 0.325 e. The highest BCUT2D eigenvalue weighted by molar-refractivity contribution is 7.99. The Kier molecular flexibility index (Phi) is 7.80. The topological polar surface area (TPSA) is 97.2 Å². The Hall–Kier alpha value is -2.85. The van der Waals surface area contributed by atoms with E-state index in [1.54, 1.807) is 12.1 Å². The third kappa shape index (κ3) is 6.35. The third-order valence-electron chi connectivity index (χ3n) is 5.11. The van der Waals surface area contributed by atoms with Crippen LogP contribution in [0.25, 0.3) is 0 Å². The molecule has 0 bridgehead atoms. The number of carbonyl (C=O) groups is 1. The molecule has 0 aliphatic heterocycles. The Morgan fingerprint density at radius 2 is 1.73 bits per heavy atom. The minimum atomic E-state index is -3.53. The van der Waals surface area contributed by atoms with Gasteiger partial charge in [0.05, 0.1) is 24.2 Å². The third-order valence-corrected chi connectivity index (χ3v) is 7.21. The summed E-state index contributed by atoms with van der Waals surface area (Å²) in [5.74, 6) is 0.538. The zero-order chi connectivity index (χ0) is 24.2. The highest BCUT2D eigenvalue weighted by Crippen LogP contribution is 2.24. The molecule has 2 aromatic carbocycles. The van der Waals surface area contributed by atoms with Crippen molar-refractivity contribution in [3.63, 3.8) is 0 Å². The zero-order valence-electron chi connectivity index (χ0n) is 19.5. The van der Waals surface area contributed by atoms with Crippen LogP contribution in [-0.4, -0.2) is 41.1 Å². The first-order valence-electron chi connectivity index (χ1n) is 10.5. The quantitative estimate of drug-likeness (QED) is 0.460. The number of hydrogen-bond acceptors (Lipinski definition) is 6. The van der Waals surface area contributed by atoms with E-state index in [0.29, 0.717) is 23.2 Å². The molecule has 3 rings (SSSR count). The summed E-state index contributed by atoms with van der Waals surface area (Å²) in [6.45, 7) is 8.45. The Morgan fingerprint density at radius 1 is 1.06 bits per heavy atom. The van der Waals surface area contributed by atoms with E-state index in [1.165, 1.54) is 22.3 Å². The molecule has 1 amide bonds. The van der Waals surface area contributed by atoms with Crippen molar-refractivity contribution in [3.05, 3.63) is 65.0 Å². The van der Waals surface area contributed by atoms with Gasteiger partial charge in [-0.1, -0.05) is 47.2 Å². The molecule has 0 saturated heterocycles. The van der Waals surface area contributed by atoms with Gasteiger partial charge in [-0.2, -0.15) is 0 Å². The van der Waals surface area contributed by atoms with Crippen LogP contribution in [-0.2, 0) is 27.9 Å². The maximum Gasteiger partial charge on any atom is 0.234 e. The molecular weight excluding hydrogens is 458 g/mol. The lowest BCUT2D eigenvalue weighted by atomic mass is 10.1. The van der Waals surface area contributed by atoms with Crippen LogP contribution in [0.5, 0.6) is 0 Å². The summed E-state index contributed by atoms with van der Waals surface area (Å²) >= 11 is 1.27. The number of hydrogen-bond donors (Lipinski definition) is 1. The van der Waals surface area contributed by atoms with Crippen molar-refractivity contribution >= 4 is 39.1 Å². The predicted molar refractivity (Wildman–Crippen MR) is 133 cm³/mol. The van der Waals surface area contributed by atoms with Gasteiger partial charge in [0.1, 0.15) is 0 Å². The van der Waals surface area contributed by atoms with Gasteiger partial charge in [-0.05, 0) is 51.5 Å². The number of benzene rings is 2. The van der Waals surface area contributed by atoms with E-state index in [1.807, 2.05) is 62.6 Å². The molecule has 0 unspecified atom stereocenters. The maximum atomic E-state index is 12.5. The Balaban J connectivity index is 1.73. The molecule has 0 radical (unpaired) electrons. The van der Waals surface area contributed by atoms with Crippen molar-refractivity contribution in [1.82, 2.24) is 14.8 Å². The number of nitrogens with one attached hydrogen (secondary N) is 1. The van der Waals surface area contributed by atoms with Gasteiger partial charge in [0.15, 0.2) is 11.0 Å². The van der Waals surface area contributed by atoms with Gasteiger partial charge >= 0.3 is 0 Å². The maximum absolute atomic E-state index is 12.5. The molecule has 33 heavy (non-hydrogen) atoms. The predicted octanol–water partition coefficient (Wildman–Crippen LogP) is 3.92. The van der Waals surface area contributed by atoms with Crippen LogP contribution in [0.15, 0.2) is 47.6 Å². The van der Waals surface area contributed by atoms with Crippen LogP contribution in [0, 0.1) is 20.8 Å². The minimum absolute atomic E-state index is 0.0536. The van der Waals surface area contributed by atoms with Gasteiger partial charge < -0.3 is 9.88 Å². The van der Waals surface area contributed by atoms with E-state index in [-0.39, 0.29) is 18.2 Å². The van der Waals surface area contributed by atoms with E-state index in [0.717, 1.165) is 22.4 Å². The lowest BCUT2D eigenvalue weighted by molar-refractivity contribution is -0.113. The van der Waals surface area contributed by atoms with E-state index in [2.05, 4.69) is 15.5 Å². The van der Waals surface area contributed by atoms with Crippen molar-refractivity contribution in [2.45, 2.75) is 45.9 Å². The Bertz CT molecular complexity index is 1240. The standard InChI is InChI=1S/C23H29N5O3S2/c1-6-27-21(14-28(33(5,30)31)19-10-7-16(2)8-11-19)25-26-23(27)32-15-22(29)24-20-12-9-17(3)13-18(20)4/h7-13H,6,14-15H2,1-5H3,(H,24,29). The molecule has 1 aromatic heterocycles. The molecule has 1 N–H and O–H groups in total. The van der Waals surface area contributed by atoms with Crippen LogP contribution in [0.3, 0.4) is 0 Å². The van der Waals surface area contributed by atoms with Crippen molar-refractivity contribution in [1.29, 1.82) is 0 Å². The molecule has 0 aliphatic rings. The summed E-state index contributed by atoms with van der Waals surface area (Å²) < 4.78 is 28.1.